The van der Waals surface area contributed by atoms with E-state index in [2.05, 4.69) is 0 Å². The van der Waals surface area contributed by atoms with Crippen molar-refractivity contribution in [3.8, 4) is 0 Å². The number of nitro groups is 2. The average Bonchev–Trinajstić information content (AvgIpc) is 2.44. The molecule has 1 aromatic carbocycles. The molecule has 9 heteroatoms. The Kier molecular flexibility index (Phi) is 6.21. The van der Waals surface area contributed by atoms with Gasteiger partial charge in [0.25, 0.3) is 11.4 Å². The third-order valence-electron chi connectivity index (χ3n) is 2.62. The second-order valence-electron chi connectivity index (χ2n) is 4.23. The van der Waals surface area contributed by atoms with Crippen LogP contribution in [0.3, 0.4) is 0 Å². The highest BCUT2D eigenvalue weighted by Gasteiger charge is 2.16. The van der Waals surface area contributed by atoms with E-state index in [1.165, 1.54) is 12.1 Å². The number of non-ortho nitro benzene ring substituents is 2. The summed E-state index contributed by atoms with van der Waals surface area (Å²) in [6.07, 6.45) is 0.879. The van der Waals surface area contributed by atoms with Gasteiger partial charge in [-0.25, -0.2) is 0 Å². The van der Waals surface area contributed by atoms with Crippen LogP contribution in [0.5, 0.6) is 0 Å². The minimum atomic E-state index is -0.705. The fraction of sp³-hybridized carbons (Fsp3) is 0.417. The van der Waals surface area contributed by atoms with Crippen LogP contribution in [-0.2, 0) is 16.0 Å². The predicted octanol–water partition coefficient (Wildman–Crippen LogP) is 1.33. The summed E-state index contributed by atoms with van der Waals surface area (Å²) in [4.78, 5) is 31.3. The molecule has 1 aromatic rings. The monoisotopic (exact) mass is 297 g/mol. The van der Waals surface area contributed by atoms with Crippen molar-refractivity contribution in [2.45, 2.75) is 19.3 Å². The SMILES string of the molecule is NCCCC(=O)OCCc1cc([N+](=O)[O-])cc([N+](=O)[O-])c1. The van der Waals surface area contributed by atoms with Crippen LogP contribution in [0.2, 0.25) is 0 Å². The van der Waals surface area contributed by atoms with Crippen LogP contribution in [0, 0.1) is 20.2 Å². The number of nitrogens with zero attached hydrogens (tertiary/aromatic N) is 2. The van der Waals surface area contributed by atoms with Gasteiger partial charge in [-0.2, -0.15) is 0 Å². The molecular formula is C12H15N3O6. The zero-order valence-corrected chi connectivity index (χ0v) is 11.2. The van der Waals surface area contributed by atoms with Crippen molar-refractivity contribution < 1.29 is 19.4 Å². The minimum Gasteiger partial charge on any atom is -0.465 e. The number of carbonyl (C=O) groups excluding carboxylic acids is 1. The number of nitro benzene ring substituents is 2. The highest BCUT2D eigenvalue weighted by atomic mass is 16.6. The second kappa shape index (κ2) is 7.90. The molecule has 0 spiro atoms. The zero-order chi connectivity index (χ0) is 15.8. The molecule has 0 unspecified atom stereocenters. The normalized spacial score (nSPS) is 10.1. The molecule has 0 heterocycles. The smallest absolute Gasteiger partial charge is 0.305 e. The van der Waals surface area contributed by atoms with E-state index in [1.54, 1.807) is 0 Å². The number of rotatable bonds is 8. The fourth-order valence-electron chi connectivity index (χ4n) is 1.61. The van der Waals surface area contributed by atoms with Gasteiger partial charge in [0.05, 0.1) is 22.5 Å². The highest BCUT2D eigenvalue weighted by molar-refractivity contribution is 5.69. The number of ether oxygens (including phenoxy) is 1. The Morgan fingerprint density at radius 2 is 1.71 bits per heavy atom. The molecule has 0 bridgehead atoms. The van der Waals surface area contributed by atoms with Crippen LogP contribution in [0.1, 0.15) is 18.4 Å². The fourth-order valence-corrected chi connectivity index (χ4v) is 1.61. The molecule has 0 radical (unpaired) electrons. The summed E-state index contributed by atoms with van der Waals surface area (Å²) in [5.41, 5.74) is 4.88. The van der Waals surface area contributed by atoms with Crippen LogP contribution in [0.15, 0.2) is 18.2 Å². The summed E-state index contributed by atoms with van der Waals surface area (Å²) in [5.74, 6) is -0.416. The molecule has 0 atom stereocenters. The summed E-state index contributed by atoms with van der Waals surface area (Å²) in [7, 11) is 0. The topological polar surface area (TPSA) is 139 Å². The summed E-state index contributed by atoms with van der Waals surface area (Å²) in [6.45, 7) is 0.383. The maximum absolute atomic E-state index is 11.2. The highest BCUT2D eigenvalue weighted by Crippen LogP contribution is 2.22. The van der Waals surface area contributed by atoms with Crippen LogP contribution < -0.4 is 5.73 Å². The van der Waals surface area contributed by atoms with Crippen LogP contribution in [0.25, 0.3) is 0 Å². The van der Waals surface area contributed by atoms with Crippen molar-refractivity contribution in [2.24, 2.45) is 5.73 Å². The van der Waals surface area contributed by atoms with Gasteiger partial charge < -0.3 is 10.5 Å². The van der Waals surface area contributed by atoms with Gasteiger partial charge >= 0.3 is 5.97 Å². The Morgan fingerprint density at radius 1 is 1.14 bits per heavy atom. The van der Waals surface area contributed by atoms with Gasteiger partial charge in [-0.1, -0.05) is 0 Å². The molecule has 0 aliphatic rings. The maximum Gasteiger partial charge on any atom is 0.305 e. The predicted molar refractivity (Wildman–Crippen MR) is 72.7 cm³/mol. The molecule has 0 saturated carbocycles. The Balaban J connectivity index is 2.68. The number of hydrogen-bond acceptors (Lipinski definition) is 7. The van der Waals surface area contributed by atoms with Crippen molar-refractivity contribution in [1.29, 1.82) is 0 Å². The van der Waals surface area contributed by atoms with Crippen molar-refractivity contribution in [2.75, 3.05) is 13.2 Å². The first-order valence-electron chi connectivity index (χ1n) is 6.22. The summed E-state index contributed by atoms with van der Waals surface area (Å²) >= 11 is 0. The van der Waals surface area contributed by atoms with Crippen molar-refractivity contribution >= 4 is 17.3 Å². The zero-order valence-electron chi connectivity index (χ0n) is 11.2. The van der Waals surface area contributed by atoms with E-state index in [4.69, 9.17) is 10.5 Å². The molecule has 0 aromatic heterocycles. The lowest BCUT2D eigenvalue weighted by atomic mass is 10.1. The van der Waals surface area contributed by atoms with Gasteiger partial charge in [-0.05, 0) is 18.5 Å². The maximum atomic E-state index is 11.2. The van der Waals surface area contributed by atoms with Crippen molar-refractivity contribution in [3.63, 3.8) is 0 Å². The molecule has 0 fully saturated rings. The number of nitrogens with two attached hydrogens (primary N) is 1. The number of carbonyl (C=O) groups is 1. The van der Waals surface area contributed by atoms with E-state index in [0.29, 0.717) is 18.5 Å². The van der Waals surface area contributed by atoms with Crippen molar-refractivity contribution in [1.82, 2.24) is 0 Å². The van der Waals surface area contributed by atoms with Gasteiger partial charge in [0.1, 0.15) is 0 Å². The van der Waals surface area contributed by atoms with E-state index in [1.807, 2.05) is 0 Å². The average molecular weight is 297 g/mol. The summed E-state index contributed by atoms with van der Waals surface area (Å²) in [6, 6.07) is 3.33. The number of benzene rings is 1. The van der Waals surface area contributed by atoms with E-state index >= 15 is 0 Å². The molecule has 1 rings (SSSR count). The summed E-state index contributed by atoms with van der Waals surface area (Å²) < 4.78 is 4.91. The Labute approximate surface area is 120 Å². The Bertz CT molecular complexity index is 514. The first-order valence-corrected chi connectivity index (χ1v) is 6.22. The molecule has 0 aliphatic carbocycles. The van der Waals surface area contributed by atoms with E-state index in [9.17, 15) is 25.0 Å². The lowest BCUT2D eigenvalue weighted by molar-refractivity contribution is -0.394. The quantitative estimate of drug-likeness (QED) is 0.433. The van der Waals surface area contributed by atoms with Crippen molar-refractivity contribution in [3.05, 3.63) is 44.0 Å². The van der Waals surface area contributed by atoms with Crippen LogP contribution in [-0.4, -0.2) is 29.0 Å². The Hall–Kier alpha value is -2.55. The first-order chi connectivity index (χ1) is 9.93. The molecule has 2 N–H and O–H groups in total. The van der Waals surface area contributed by atoms with Crippen LogP contribution >= 0.6 is 0 Å². The van der Waals surface area contributed by atoms with Gasteiger partial charge in [0.2, 0.25) is 0 Å². The molecule has 21 heavy (non-hydrogen) atoms. The molecular weight excluding hydrogens is 282 g/mol. The molecule has 9 nitrogen and oxygen atoms in total. The minimum absolute atomic E-state index is 0.00171. The van der Waals surface area contributed by atoms with Gasteiger partial charge in [0, 0.05) is 25.0 Å². The number of hydrogen-bond donors (Lipinski definition) is 1. The van der Waals surface area contributed by atoms with E-state index in [-0.39, 0.29) is 30.8 Å². The molecule has 114 valence electrons. The summed E-state index contributed by atoms with van der Waals surface area (Å²) in [5, 5.41) is 21.4. The number of esters is 1. The van der Waals surface area contributed by atoms with E-state index in [0.717, 1.165) is 6.07 Å². The van der Waals surface area contributed by atoms with Gasteiger partial charge in [-0.15, -0.1) is 0 Å². The lowest BCUT2D eigenvalue weighted by Crippen LogP contribution is -2.10. The van der Waals surface area contributed by atoms with Crippen LogP contribution in [0.4, 0.5) is 11.4 Å². The lowest BCUT2D eigenvalue weighted by Gasteiger charge is -2.05. The molecule has 0 saturated heterocycles. The molecule has 0 aliphatic heterocycles. The van der Waals surface area contributed by atoms with Gasteiger partial charge in [-0.3, -0.25) is 25.0 Å². The van der Waals surface area contributed by atoms with E-state index < -0.39 is 15.8 Å². The standard InChI is InChI=1S/C12H15N3O6/c13-4-1-2-12(16)21-5-3-9-6-10(14(17)18)8-11(7-9)15(19)20/h6-8H,1-5,13H2. The van der Waals surface area contributed by atoms with Gasteiger partial charge in [0.15, 0.2) is 0 Å². The third kappa shape index (κ3) is 5.53. The largest absolute Gasteiger partial charge is 0.465 e. The second-order valence-corrected chi connectivity index (χ2v) is 4.23. The molecule has 0 amide bonds. The third-order valence-corrected chi connectivity index (χ3v) is 2.62. The Morgan fingerprint density at radius 3 is 2.19 bits per heavy atom. The first kappa shape index (κ1) is 16.5.